The Morgan fingerprint density at radius 2 is 1.73 bits per heavy atom. The van der Waals surface area contributed by atoms with Crippen LogP contribution >= 0.6 is 11.8 Å². The van der Waals surface area contributed by atoms with E-state index in [1.165, 1.54) is 0 Å². The van der Waals surface area contributed by atoms with E-state index in [1.54, 1.807) is 16.7 Å². The third-order valence-corrected chi connectivity index (χ3v) is 11.2. The second kappa shape index (κ2) is 11.7. The van der Waals surface area contributed by atoms with Crippen LogP contribution in [-0.2, 0) is 14.4 Å². The number of nitrogens with one attached hydrogen (secondary N) is 2. The minimum atomic E-state index is -0.837. The average molecular weight is 579 g/mol. The number of aliphatic hydroxyl groups excluding tert-OH is 1. The summed E-state index contributed by atoms with van der Waals surface area (Å²) >= 11 is 1.64. The Bertz CT molecular complexity index is 1270. The zero-order chi connectivity index (χ0) is 29.4. The maximum absolute atomic E-state index is 14.5. The van der Waals surface area contributed by atoms with Gasteiger partial charge in [-0.3, -0.25) is 14.4 Å². The molecule has 9 heteroatoms. The topological polar surface area (TPSA) is 102 Å². The van der Waals surface area contributed by atoms with Crippen LogP contribution in [-0.4, -0.2) is 69.5 Å². The number of fused-ring (bicyclic) bond motifs is 1. The molecule has 5 rings (SSSR count). The average Bonchev–Trinajstić information content (AvgIpc) is 3.55. The summed E-state index contributed by atoms with van der Waals surface area (Å²) in [7, 11) is 0. The number of likely N-dealkylation sites (tertiary alicyclic amines) is 1. The van der Waals surface area contributed by atoms with Crippen LogP contribution in [0.3, 0.4) is 0 Å². The minimum absolute atomic E-state index is 0.116. The van der Waals surface area contributed by atoms with Gasteiger partial charge in [0.05, 0.1) is 29.2 Å². The molecule has 0 aliphatic carbocycles. The largest absolute Gasteiger partial charge is 0.394 e. The van der Waals surface area contributed by atoms with Gasteiger partial charge in [-0.25, -0.2) is 0 Å². The summed E-state index contributed by atoms with van der Waals surface area (Å²) in [5.74, 6) is -1.80. The predicted molar refractivity (Wildman–Crippen MR) is 164 cm³/mol. The van der Waals surface area contributed by atoms with Gasteiger partial charge in [0.2, 0.25) is 17.7 Å². The molecule has 0 saturated carbocycles. The van der Waals surface area contributed by atoms with E-state index in [0.717, 1.165) is 37.2 Å². The Morgan fingerprint density at radius 3 is 2.34 bits per heavy atom. The molecule has 3 saturated heterocycles. The van der Waals surface area contributed by atoms with Gasteiger partial charge in [-0.15, -0.1) is 11.8 Å². The smallest absolute Gasteiger partial charge is 0.248 e. The lowest BCUT2D eigenvalue weighted by molar-refractivity contribution is -0.142. The monoisotopic (exact) mass is 578 g/mol. The SMILES string of the molecule is CCCNC(=O)[C@@H]1[C@H]2C(=O)N([C@H](CO)c3ccccc3)C(C(=O)Nc3ccc(N(CC)CC)cc3)C23CC[C@@]1(C)S3. The molecule has 0 aromatic heterocycles. The second-order valence-corrected chi connectivity index (χ2v) is 13.5. The zero-order valence-electron chi connectivity index (χ0n) is 24.4. The van der Waals surface area contributed by atoms with Crippen LogP contribution in [0.1, 0.15) is 58.6 Å². The van der Waals surface area contributed by atoms with E-state index in [9.17, 15) is 19.5 Å². The molecular weight excluding hydrogens is 536 g/mol. The van der Waals surface area contributed by atoms with E-state index in [0.29, 0.717) is 18.7 Å². The van der Waals surface area contributed by atoms with Gasteiger partial charge in [-0.1, -0.05) is 37.3 Å². The van der Waals surface area contributed by atoms with Crippen LogP contribution in [0.4, 0.5) is 11.4 Å². The van der Waals surface area contributed by atoms with E-state index in [2.05, 4.69) is 36.3 Å². The number of aliphatic hydroxyl groups is 1. The Labute approximate surface area is 247 Å². The van der Waals surface area contributed by atoms with Crippen LogP contribution in [0.25, 0.3) is 0 Å². The highest BCUT2D eigenvalue weighted by Gasteiger charge is 2.77. The number of amides is 3. The van der Waals surface area contributed by atoms with Crippen molar-refractivity contribution in [3.63, 3.8) is 0 Å². The fourth-order valence-electron chi connectivity index (χ4n) is 7.34. The van der Waals surface area contributed by atoms with Crippen molar-refractivity contribution in [2.75, 3.05) is 36.5 Å². The van der Waals surface area contributed by atoms with Crippen LogP contribution in [0.5, 0.6) is 0 Å². The lowest BCUT2D eigenvalue weighted by Gasteiger charge is -2.37. The Hall–Kier alpha value is -3.04. The minimum Gasteiger partial charge on any atom is -0.394 e. The van der Waals surface area contributed by atoms with Gasteiger partial charge in [0.25, 0.3) is 0 Å². The normalized spacial score (nSPS) is 28.9. The van der Waals surface area contributed by atoms with Gasteiger partial charge < -0.3 is 25.5 Å². The molecule has 220 valence electrons. The number of rotatable bonds is 11. The maximum atomic E-state index is 14.5. The van der Waals surface area contributed by atoms with Gasteiger partial charge in [0.1, 0.15) is 6.04 Å². The molecule has 6 atom stereocenters. The van der Waals surface area contributed by atoms with Crippen LogP contribution in [0.15, 0.2) is 54.6 Å². The highest BCUT2D eigenvalue weighted by Crippen LogP contribution is 2.72. The molecule has 3 fully saturated rings. The highest BCUT2D eigenvalue weighted by molar-refractivity contribution is 8.02. The van der Waals surface area contributed by atoms with Crippen molar-refractivity contribution in [1.29, 1.82) is 0 Å². The first-order chi connectivity index (χ1) is 19.7. The molecule has 3 aliphatic heterocycles. The van der Waals surface area contributed by atoms with E-state index in [-0.39, 0.29) is 24.3 Å². The summed E-state index contributed by atoms with van der Waals surface area (Å²) in [5, 5.41) is 16.8. The molecule has 8 nitrogen and oxygen atoms in total. The van der Waals surface area contributed by atoms with Crippen LogP contribution in [0.2, 0.25) is 0 Å². The number of thioether (sulfide) groups is 1. The fourth-order valence-corrected chi connectivity index (χ4v) is 9.69. The van der Waals surface area contributed by atoms with Gasteiger partial charge in [-0.05, 0) is 69.9 Å². The molecule has 2 aromatic rings. The Morgan fingerprint density at radius 1 is 1.05 bits per heavy atom. The van der Waals surface area contributed by atoms with E-state index in [1.807, 2.05) is 61.5 Å². The number of hydrogen-bond donors (Lipinski definition) is 3. The van der Waals surface area contributed by atoms with E-state index in [4.69, 9.17) is 0 Å². The molecule has 1 spiro atoms. The van der Waals surface area contributed by atoms with Crippen LogP contribution < -0.4 is 15.5 Å². The van der Waals surface area contributed by atoms with Gasteiger partial charge >= 0.3 is 0 Å². The molecule has 41 heavy (non-hydrogen) atoms. The first-order valence-corrected chi connectivity index (χ1v) is 15.7. The molecular formula is C32H42N4O4S. The molecule has 3 aliphatic rings. The van der Waals surface area contributed by atoms with Crippen molar-refractivity contribution in [2.45, 2.75) is 68.5 Å². The summed E-state index contributed by atoms with van der Waals surface area (Å²) in [5.41, 5.74) is 2.49. The third kappa shape index (κ3) is 4.91. The molecule has 3 N–H and O–H groups in total. The fraction of sp³-hybridized carbons (Fsp3) is 0.531. The molecule has 2 bridgehead atoms. The van der Waals surface area contributed by atoms with Gasteiger partial charge in [-0.2, -0.15) is 0 Å². The molecule has 2 aromatic carbocycles. The first kappa shape index (κ1) is 29.5. The van der Waals surface area contributed by atoms with E-state index >= 15 is 0 Å². The molecule has 3 heterocycles. The zero-order valence-corrected chi connectivity index (χ0v) is 25.2. The maximum Gasteiger partial charge on any atom is 0.248 e. The second-order valence-electron chi connectivity index (χ2n) is 11.6. The summed E-state index contributed by atoms with van der Waals surface area (Å²) in [6.07, 6.45) is 2.21. The Balaban J connectivity index is 1.54. The number of benzene rings is 2. The molecule has 3 amide bonds. The van der Waals surface area contributed by atoms with E-state index < -0.39 is 33.4 Å². The van der Waals surface area contributed by atoms with Crippen molar-refractivity contribution >= 4 is 40.9 Å². The van der Waals surface area contributed by atoms with Crippen molar-refractivity contribution in [3.8, 4) is 0 Å². The quantitative estimate of drug-likeness (QED) is 0.369. The lowest BCUT2D eigenvalue weighted by atomic mass is 9.66. The number of nitrogens with zero attached hydrogens (tertiary/aromatic N) is 2. The summed E-state index contributed by atoms with van der Waals surface area (Å²) < 4.78 is -1.19. The van der Waals surface area contributed by atoms with Gasteiger partial charge in [0, 0.05) is 35.8 Å². The van der Waals surface area contributed by atoms with Crippen molar-refractivity contribution in [2.24, 2.45) is 11.8 Å². The summed E-state index contributed by atoms with van der Waals surface area (Å²) in [4.78, 5) is 46.2. The first-order valence-electron chi connectivity index (χ1n) is 14.9. The molecule has 2 unspecified atom stereocenters. The van der Waals surface area contributed by atoms with Crippen molar-refractivity contribution in [1.82, 2.24) is 10.2 Å². The van der Waals surface area contributed by atoms with Crippen LogP contribution in [0, 0.1) is 11.8 Å². The molecule has 0 radical (unpaired) electrons. The predicted octanol–water partition coefficient (Wildman–Crippen LogP) is 4.21. The number of carbonyl (C=O) groups excluding carboxylic acids is 3. The number of carbonyl (C=O) groups is 3. The number of anilines is 2. The highest BCUT2D eigenvalue weighted by atomic mass is 32.2. The van der Waals surface area contributed by atoms with Gasteiger partial charge in [0.15, 0.2) is 0 Å². The number of hydrogen-bond acceptors (Lipinski definition) is 6. The van der Waals surface area contributed by atoms with Crippen molar-refractivity contribution in [3.05, 3.63) is 60.2 Å². The summed E-state index contributed by atoms with van der Waals surface area (Å²) in [6, 6.07) is 15.6. The lowest BCUT2D eigenvalue weighted by Crippen LogP contribution is -2.53. The Kier molecular flexibility index (Phi) is 8.39. The standard InChI is InChI=1S/C32H42N4O4S/c1-5-19-33-28(38)25-26-30(40)36(24(20-37)21-11-9-8-10-12-21)27(32(26)18-17-31(25,4)41-32)29(39)34-22-13-15-23(16-14-22)35(6-2)7-3/h8-16,24-27,37H,5-7,17-20H2,1-4H3,(H,33,38)(H,34,39)/t24-,25+,26+,27?,31-,32?/m1/s1. The van der Waals surface area contributed by atoms with Crippen molar-refractivity contribution < 1.29 is 19.5 Å². The third-order valence-electron chi connectivity index (χ3n) is 9.25. The summed E-state index contributed by atoms with van der Waals surface area (Å²) in [6.45, 7) is 10.3.